The zero-order valence-electron chi connectivity index (χ0n) is 16.6. The number of anilines is 1. The van der Waals surface area contributed by atoms with Crippen LogP contribution in [0.25, 0.3) is 6.08 Å². The number of halogens is 2. The molecule has 0 aromatic heterocycles. The summed E-state index contributed by atoms with van der Waals surface area (Å²) in [5.41, 5.74) is 1.01. The first-order valence-corrected chi connectivity index (χ1v) is 11.1. The number of amides is 3. The number of hydrogen-bond donors (Lipinski definition) is 1. The van der Waals surface area contributed by atoms with Crippen molar-refractivity contribution in [2.24, 2.45) is 0 Å². The molecule has 166 valence electrons. The minimum atomic E-state index is -0.573. The van der Waals surface area contributed by atoms with E-state index in [4.69, 9.17) is 16.3 Å². The number of imide groups is 1. The zero-order valence-corrected chi connectivity index (χ0v) is 19.8. The number of thioether (sulfide) groups is 1. The smallest absolute Gasteiger partial charge is 0.343 e. The molecule has 11 heteroatoms. The fraction of sp³-hybridized carbons (Fsp3) is 0.143. The maximum absolute atomic E-state index is 12.7. The number of methoxy groups -OCH3 is 1. The second-order valence-electron chi connectivity index (χ2n) is 6.35. The molecule has 2 aromatic carbocycles. The van der Waals surface area contributed by atoms with E-state index >= 15 is 0 Å². The molecule has 1 heterocycles. The van der Waals surface area contributed by atoms with Gasteiger partial charge in [0.2, 0.25) is 5.91 Å². The van der Waals surface area contributed by atoms with Gasteiger partial charge < -0.3 is 14.8 Å². The molecule has 0 radical (unpaired) electrons. The van der Waals surface area contributed by atoms with E-state index in [0.29, 0.717) is 26.5 Å². The first-order valence-electron chi connectivity index (χ1n) is 9.07. The molecule has 2 aromatic rings. The SMILES string of the molecule is COC(=O)COc1ccc(/C=C2/SC(=O)N(CC(=O)Nc3ccccc3Cl)C2=O)cc1Br. The Hall–Kier alpha value is -2.82. The summed E-state index contributed by atoms with van der Waals surface area (Å²) in [6.07, 6.45) is 1.53. The fourth-order valence-corrected chi connectivity index (χ4v) is 4.14. The molecule has 1 aliphatic rings. The van der Waals surface area contributed by atoms with Crippen molar-refractivity contribution in [1.82, 2.24) is 4.90 Å². The molecule has 1 fully saturated rings. The van der Waals surface area contributed by atoms with E-state index in [0.717, 1.165) is 16.7 Å². The molecule has 0 saturated carbocycles. The predicted octanol–water partition coefficient (Wildman–Crippen LogP) is 4.33. The van der Waals surface area contributed by atoms with Crippen molar-refractivity contribution in [3.63, 3.8) is 0 Å². The van der Waals surface area contributed by atoms with Crippen molar-refractivity contribution in [3.05, 3.63) is 62.4 Å². The summed E-state index contributed by atoms with van der Waals surface area (Å²) in [5, 5.41) is 2.38. The van der Waals surface area contributed by atoms with Gasteiger partial charge in [-0.3, -0.25) is 19.3 Å². The monoisotopic (exact) mass is 538 g/mol. The topological polar surface area (TPSA) is 102 Å². The summed E-state index contributed by atoms with van der Waals surface area (Å²) in [6.45, 7) is -0.680. The third kappa shape index (κ3) is 5.90. The van der Waals surface area contributed by atoms with Crippen molar-refractivity contribution in [2.75, 3.05) is 25.6 Å². The normalized spacial score (nSPS) is 14.6. The first kappa shape index (κ1) is 23.8. The summed E-state index contributed by atoms with van der Waals surface area (Å²) in [4.78, 5) is 49.5. The van der Waals surface area contributed by atoms with Gasteiger partial charge in [0.25, 0.3) is 11.1 Å². The molecule has 3 rings (SSSR count). The number of nitrogens with one attached hydrogen (secondary N) is 1. The van der Waals surface area contributed by atoms with Gasteiger partial charge in [0.1, 0.15) is 12.3 Å². The van der Waals surface area contributed by atoms with Gasteiger partial charge in [0, 0.05) is 0 Å². The first-order chi connectivity index (χ1) is 15.3. The van der Waals surface area contributed by atoms with Gasteiger partial charge in [-0.2, -0.15) is 0 Å². The highest BCUT2D eigenvalue weighted by Gasteiger charge is 2.36. The van der Waals surface area contributed by atoms with Gasteiger partial charge in [-0.1, -0.05) is 29.8 Å². The molecular weight excluding hydrogens is 524 g/mol. The van der Waals surface area contributed by atoms with E-state index in [1.807, 2.05) is 0 Å². The van der Waals surface area contributed by atoms with Crippen LogP contribution in [-0.2, 0) is 19.1 Å². The average Bonchev–Trinajstić information content (AvgIpc) is 3.01. The van der Waals surface area contributed by atoms with Crippen LogP contribution in [0.2, 0.25) is 5.02 Å². The lowest BCUT2D eigenvalue weighted by Crippen LogP contribution is -2.36. The second-order valence-corrected chi connectivity index (χ2v) is 8.61. The Kier molecular flexibility index (Phi) is 7.94. The Balaban J connectivity index is 1.67. The molecule has 1 N–H and O–H groups in total. The number of benzene rings is 2. The summed E-state index contributed by atoms with van der Waals surface area (Å²) in [6, 6.07) is 11.6. The summed E-state index contributed by atoms with van der Waals surface area (Å²) in [5.74, 6) is -1.22. The Morgan fingerprint density at radius 2 is 1.97 bits per heavy atom. The lowest BCUT2D eigenvalue weighted by Gasteiger charge is -2.13. The van der Waals surface area contributed by atoms with Crippen LogP contribution in [0, 0.1) is 0 Å². The van der Waals surface area contributed by atoms with Crippen molar-refractivity contribution in [2.45, 2.75) is 0 Å². The number of nitrogens with zero attached hydrogens (tertiary/aromatic N) is 1. The molecule has 3 amide bonds. The van der Waals surface area contributed by atoms with Crippen LogP contribution in [0.15, 0.2) is 51.8 Å². The maximum atomic E-state index is 12.7. The summed E-state index contributed by atoms with van der Waals surface area (Å²) >= 11 is 10.1. The quantitative estimate of drug-likeness (QED) is 0.413. The molecule has 0 bridgehead atoms. The van der Waals surface area contributed by atoms with Crippen molar-refractivity contribution in [1.29, 1.82) is 0 Å². The minimum absolute atomic E-state index is 0.177. The molecular formula is C21H16BrClN2O6S. The van der Waals surface area contributed by atoms with Gasteiger partial charge in [-0.25, -0.2) is 4.79 Å². The third-order valence-corrected chi connectivity index (χ3v) is 6.01. The molecule has 8 nitrogen and oxygen atoms in total. The number of esters is 1. The van der Waals surface area contributed by atoms with E-state index in [1.54, 1.807) is 42.5 Å². The van der Waals surface area contributed by atoms with Gasteiger partial charge in [0.05, 0.1) is 27.2 Å². The van der Waals surface area contributed by atoms with Crippen LogP contribution in [0.5, 0.6) is 5.75 Å². The van der Waals surface area contributed by atoms with Crippen LogP contribution in [-0.4, -0.2) is 48.2 Å². The highest BCUT2D eigenvalue weighted by atomic mass is 79.9. The molecule has 0 unspecified atom stereocenters. The summed E-state index contributed by atoms with van der Waals surface area (Å²) in [7, 11) is 1.26. The van der Waals surface area contributed by atoms with E-state index in [2.05, 4.69) is 26.0 Å². The van der Waals surface area contributed by atoms with E-state index in [9.17, 15) is 19.2 Å². The maximum Gasteiger partial charge on any atom is 0.343 e. The van der Waals surface area contributed by atoms with Crippen LogP contribution >= 0.6 is 39.3 Å². The van der Waals surface area contributed by atoms with Crippen molar-refractivity contribution in [3.8, 4) is 5.75 Å². The molecule has 0 aliphatic carbocycles. The van der Waals surface area contributed by atoms with E-state index < -0.39 is 29.6 Å². The van der Waals surface area contributed by atoms with Gasteiger partial charge in [-0.15, -0.1) is 0 Å². The zero-order chi connectivity index (χ0) is 23.3. The molecule has 0 spiro atoms. The number of ether oxygens (including phenoxy) is 2. The standard InChI is InChI=1S/C21H16BrClN2O6S/c1-30-19(27)11-31-16-7-6-12(8-13(16)22)9-17-20(28)25(21(29)32-17)10-18(26)24-15-5-3-2-4-14(15)23/h2-9H,10-11H2,1H3,(H,24,26)/b17-9+. The van der Waals surface area contributed by atoms with Crippen LogP contribution in [0.3, 0.4) is 0 Å². The number of para-hydroxylation sites is 1. The van der Waals surface area contributed by atoms with Gasteiger partial charge in [0.15, 0.2) is 6.61 Å². The Bertz CT molecular complexity index is 1120. The molecule has 32 heavy (non-hydrogen) atoms. The molecule has 1 saturated heterocycles. The lowest BCUT2D eigenvalue weighted by molar-refractivity contribution is -0.142. The predicted molar refractivity (Wildman–Crippen MR) is 124 cm³/mol. The van der Waals surface area contributed by atoms with Gasteiger partial charge in [-0.05, 0) is 63.6 Å². The number of rotatable bonds is 7. The van der Waals surface area contributed by atoms with Gasteiger partial charge >= 0.3 is 5.97 Å². The minimum Gasteiger partial charge on any atom is -0.481 e. The third-order valence-electron chi connectivity index (χ3n) is 4.15. The van der Waals surface area contributed by atoms with Crippen LogP contribution in [0.1, 0.15) is 5.56 Å². The van der Waals surface area contributed by atoms with Crippen molar-refractivity contribution < 1.29 is 28.7 Å². The van der Waals surface area contributed by atoms with Crippen LogP contribution < -0.4 is 10.1 Å². The second kappa shape index (κ2) is 10.7. The summed E-state index contributed by atoms with van der Waals surface area (Å²) < 4.78 is 10.4. The fourth-order valence-electron chi connectivity index (χ4n) is 2.60. The van der Waals surface area contributed by atoms with Crippen LogP contribution in [0.4, 0.5) is 10.5 Å². The number of carbonyl (C=O) groups excluding carboxylic acids is 4. The van der Waals surface area contributed by atoms with Crippen molar-refractivity contribution >= 4 is 74.1 Å². The average molecular weight is 540 g/mol. The lowest BCUT2D eigenvalue weighted by atomic mass is 10.2. The Morgan fingerprint density at radius 1 is 1.22 bits per heavy atom. The Morgan fingerprint density at radius 3 is 2.66 bits per heavy atom. The van der Waals surface area contributed by atoms with E-state index in [-0.39, 0.29) is 11.5 Å². The molecule has 1 aliphatic heterocycles. The highest BCUT2D eigenvalue weighted by Crippen LogP contribution is 2.34. The number of hydrogen-bond acceptors (Lipinski definition) is 7. The molecule has 0 atom stereocenters. The highest BCUT2D eigenvalue weighted by molar-refractivity contribution is 9.10. The van der Waals surface area contributed by atoms with E-state index in [1.165, 1.54) is 13.2 Å². The number of carbonyl (C=O) groups is 4. The largest absolute Gasteiger partial charge is 0.481 e. The Labute approximate surface area is 201 Å².